The monoisotopic (exact) mass is 415 g/mol. The maximum absolute atomic E-state index is 12.9. The van der Waals surface area contributed by atoms with Gasteiger partial charge in [-0.05, 0) is 49.3 Å². The van der Waals surface area contributed by atoms with Crippen LogP contribution in [0.2, 0.25) is 0 Å². The molecule has 1 saturated heterocycles. The van der Waals surface area contributed by atoms with E-state index in [1.165, 1.54) is 19.3 Å². The second kappa shape index (κ2) is 12.6. The van der Waals surface area contributed by atoms with E-state index >= 15 is 0 Å². The zero-order valence-electron chi connectivity index (χ0n) is 19.4. The lowest BCUT2D eigenvalue weighted by molar-refractivity contribution is -0.116. The second-order valence-corrected chi connectivity index (χ2v) is 9.22. The molecule has 30 heavy (non-hydrogen) atoms. The van der Waals surface area contributed by atoms with Gasteiger partial charge in [0.15, 0.2) is 0 Å². The topological polar surface area (TPSA) is 61.4 Å². The fourth-order valence-corrected chi connectivity index (χ4v) is 3.83. The standard InChI is InChI=1S/C25H41N3O2/c1-5-6-7-8-9-10-24(29)27-21-11-12-23(28-15-13-20(4)14-16-28)22(17-21)25(30)26-18-19(2)3/h11-12,17,19-20H,5-10,13-16,18H2,1-4H3,(H,26,30)(H,27,29). The molecule has 5 nitrogen and oxygen atoms in total. The van der Waals surface area contributed by atoms with Crippen molar-refractivity contribution in [1.29, 1.82) is 0 Å². The molecular formula is C25H41N3O2. The lowest BCUT2D eigenvalue weighted by Gasteiger charge is -2.33. The Hall–Kier alpha value is -2.04. The molecule has 5 heteroatoms. The Labute approximate surface area is 183 Å². The van der Waals surface area contributed by atoms with Crippen LogP contribution >= 0.6 is 0 Å². The molecule has 0 atom stereocenters. The van der Waals surface area contributed by atoms with Gasteiger partial charge >= 0.3 is 0 Å². The van der Waals surface area contributed by atoms with E-state index in [0.29, 0.717) is 30.1 Å². The van der Waals surface area contributed by atoms with Gasteiger partial charge in [-0.2, -0.15) is 0 Å². The predicted molar refractivity (Wildman–Crippen MR) is 126 cm³/mol. The van der Waals surface area contributed by atoms with E-state index in [1.807, 2.05) is 18.2 Å². The van der Waals surface area contributed by atoms with Crippen molar-refractivity contribution in [2.75, 3.05) is 29.9 Å². The van der Waals surface area contributed by atoms with Crippen molar-refractivity contribution >= 4 is 23.2 Å². The Balaban J connectivity index is 2.07. The fourth-order valence-electron chi connectivity index (χ4n) is 3.83. The van der Waals surface area contributed by atoms with Gasteiger partial charge in [0.2, 0.25) is 5.91 Å². The van der Waals surface area contributed by atoms with Crippen LogP contribution in [0.1, 0.15) is 89.4 Å². The van der Waals surface area contributed by atoms with Crippen LogP contribution in [0.4, 0.5) is 11.4 Å². The van der Waals surface area contributed by atoms with E-state index in [9.17, 15) is 9.59 Å². The lowest BCUT2D eigenvalue weighted by Crippen LogP contribution is -2.35. The van der Waals surface area contributed by atoms with Crippen molar-refractivity contribution in [2.24, 2.45) is 11.8 Å². The summed E-state index contributed by atoms with van der Waals surface area (Å²) in [5.74, 6) is 1.09. The van der Waals surface area contributed by atoms with Crippen LogP contribution in [0.3, 0.4) is 0 Å². The van der Waals surface area contributed by atoms with Gasteiger partial charge in [0.25, 0.3) is 5.91 Å². The maximum atomic E-state index is 12.9. The molecule has 1 aliphatic rings. The Morgan fingerprint density at radius 2 is 1.80 bits per heavy atom. The van der Waals surface area contributed by atoms with E-state index in [2.05, 4.69) is 43.2 Å². The minimum atomic E-state index is -0.0620. The molecule has 1 aromatic rings. The molecule has 2 N–H and O–H groups in total. The van der Waals surface area contributed by atoms with Gasteiger partial charge in [0.05, 0.1) is 5.56 Å². The molecule has 1 heterocycles. The molecule has 0 saturated carbocycles. The molecule has 0 spiro atoms. The largest absolute Gasteiger partial charge is 0.371 e. The quantitative estimate of drug-likeness (QED) is 0.462. The van der Waals surface area contributed by atoms with Crippen molar-refractivity contribution in [2.45, 2.75) is 79.1 Å². The van der Waals surface area contributed by atoms with Crippen LogP contribution in [0.25, 0.3) is 0 Å². The molecule has 1 fully saturated rings. The first-order valence-corrected chi connectivity index (χ1v) is 11.9. The predicted octanol–water partition coefficient (Wildman–Crippen LogP) is 5.61. The Bertz CT molecular complexity index is 679. The van der Waals surface area contributed by atoms with Gasteiger partial charge in [-0.15, -0.1) is 0 Å². The third-order valence-electron chi connectivity index (χ3n) is 5.83. The molecule has 0 aliphatic carbocycles. The summed E-state index contributed by atoms with van der Waals surface area (Å²) < 4.78 is 0. The number of carbonyl (C=O) groups is 2. The summed E-state index contributed by atoms with van der Waals surface area (Å²) in [6.07, 6.45) is 8.45. The highest BCUT2D eigenvalue weighted by atomic mass is 16.2. The SMILES string of the molecule is CCCCCCCC(=O)Nc1ccc(N2CCC(C)CC2)c(C(=O)NCC(C)C)c1. The highest BCUT2D eigenvalue weighted by Crippen LogP contribution is 2.29. The van der Waals surface area contributed by atoms with E-state index in [-0.39, 0.29) is 11.8 Å². The zero-order chi connectivity index (χ0) is 21.9. The number of rotatable bonds is 11. The number of amides is 2. The molecule has 0 unspecified atom stereocenters. The number of benzene rings is 1. The van der Waals surface area contributed by atoms with Gasteiger partial charge in [0.1, 0.15) is 0 Å². The number of piperidine rings is 1. The van der Waals surface area contributed by atoms with Crippen molar-refractivity contribution in [3.8, 4) is 0 Å². The summed E-state index contributed by atoms with van der Waals surface area (Å²) in [7, 11) is 0. The number of nitrogens with zero attached hydrogens (tertiary/aromatic N) is 1. The van der Waals surface area contributed by atoms with Crippen LogP contribution in [-0.2, 0) is 4.79 Å². The van der Waals surface area contributed by atoms with Gasteiger partial charge in [0, 0.05) is 37.4 Å². The third kappa shape index (κ3) is 8.00. The first kappa shape index (κ1) is 24.2. The fraction of sp³-hybridized carbons (Fsp3) is 0.680. The molecule has 0 radical (unpaired) electrons. The first-order valence-electron chi connectivity index (χ1n) is 11.9. The summed E-state index contributed by atoms with van der Waals surface area (Å²) in [6.45, 7) is 11.2. The van der Waals surface area contributed by atoms with Crippen LogP contribution in [0.15, 0.2) is 18.2 Å². The summed E-state index contributed by atoms with van der Waals surface area (Å²) in [4.78, 5) is 27.6. The number of anilines is 2. The summed E-state index contributed by atoms with van der Waals surface area (Å²) in [6, 6.07) is 5.77. The number of hydrogen-bond donors (Lipinski definition) is 2. The molecule has 1 aliphatic heterocycles. The highest BCUT2D eigenvalue weighted by molar-refractivity contribution is 6.02. The average molecular weight is 416 g/mol. The zero-order valence-corrected chi connectivity index (χ0v) is 19.4. The molecule has 0 bridgehead atoms. The van der Waals surface area contributed by atoms with Crippen molar-refractivity contribution < 1.29 is 9.59 Å². The van der Waals surface area contributed by atoms with E-state index < -0.39 is 0 Å². The number of nitrogens with one attached hydrogen (secondary N) is 2. The average Bonchev–Trinajstić information content (AvgIpc) is 2.72. The van der Waals surface area contributed by atoms with Crippen LogP contribution in [0.5, 0.6) is 0 Å². The second-order valence-electron chi connectivity index (χ2n) is 9.22. The number of unbranched alkanes of at least 4 members (excludes halogenated alkanes) is 4. The van der Waals surface area contributed by atoms with Gasteiger partial charge < -0.3 is 15.5 Å². The van der Waals surface area contributed by atoms with Crippen molar-refractivity contribution in [1.82, 2.24) is 5.32 Å². The molecule has 0 aromatic heterocycles. The van der Waals surface area contributed by atoms with Crippen molar-refractivity contribution in [3.05, 3.63) is 23.8 Å². The minimum absolute atomic E-state index is 0.0274. The van der Waals surface area contributed by atoms with Gasteiger partial charge in [-0.3, -0.25) is 9.59 Å². The smallest absolute Gasteiger partial charge is 0.253 e. The summed E-state index contributed by atoms with van der Waals surface area (Å²) in [5, 5.41) is 6.04. The van der Waals surface area contributed by atoms with Gasteiger partial charge in [-0.1, -0.05) is 53.4 Å². The maximum Gasteiger partial charge on any atom is 0.253 e. The lowest BCUT2D eigenvalue weighted by atomic mass is 9.97. The normalized spacial score (nSPS) is 14.8. The number of carbonyl (C=O) groups excluding carboxylic acids is 2. The Kier molecular flexibility index (Phi) is 10.2. The number of hydrogen-bond acceptors (Lipinski definition) is 3. The molecular weight excluding hydrogens is 374 g/mol. The van der Waals surface area contributed by atoms with E-state index in [0.717, 1.165) is 50.4 Å². The molecule has 2 amide bonds. The first-order chi connectivity index (χ1) is 14.4. The summed E-state index contributed by atoms with van der Waals surface area (Å²) in [5.41, 5.74) is 2.34. The molecule has 2 rings (SSSR count). The van der Waals surface area contributed by atoms with Gasteiger partial charge in [-0.25, -0.2) is 0 Å². The van der Waals surface area contributed by atoms with Crippen LogP contribution < -0.4 is 15.5 Å². The Morgan fingerprint density at radius 3 is 2.47 bits per heavy atom. The van der Waals surface area contributed by atoms with Crippen LogP contribution in [-0.4, -0.2) is 31.4 Å². The Morgan fingerprint density at radius 1 is 1.10 bits per heavy atom. The van der Waals surface area contributed by atoms with Crippen LogP contribution in [0, 0.1) is 11.8 Å². The summed E-state index contributed by atoms with van der Waals surface area (Å²) >= 11 is 0. The van der Waals surface area contributed by atoms with Crippen molar-refractivity contribution in [3.63, 3.8) is 0 Å². The minimum Gasteiger partial charge on any atom is -0.371 e. The van der Waals surface area contributed by atoms with E-state index in [1.54, 1.807) is 0 Å². The van der Waals surface area contributed by atoms with E-state index in [4.69, 9.17) is 0 Å². The third-order valence-corrected chi connectivity index (χ3v) is 5.83. The molecule has 168 valence electrons. The highest BCUT2D eigenvalue weighted by Gasteiger charge is 2.22. The molecule has 1 aromatic carbocycles.